The molecule has 0 aliphatic rings. The van der Waals surface area contributed by atoms with Crippen LogP contribution in [0.3, 0.4) is 0 Å². The molecular weight excluding hydrogens is 865 g/mol. The molecule has 0 aliphatic heterocycles. The van der Waals surface area contributed by atoms with Crippen molar-refractivity contribution in [2.75, 3.05) is 13.2 Å². The Labute approximate surface area is 438 Å². The van der Waals surface area contributed by atoms with E-state index in [4.69, 9.17) is 14.2 Å². The van der Waals surface area contributed by atoms with Crippen LogP contribution in [0.25, 0.3) is 0 Å². The molecule has 0 heterocycles. The minimum absolute atomic E-state index is 0.0611. The first-order chi connectivity index (χ1) is 34.4. The predicted molar refractivity (Wildman–Crippen MR) is 303 cm³/mol. The van der Waals surface area contributed by atoms with Gasteiger partial charge in [-0.05, 0) is 25.2 Å². The van der Waals surface area contributed by atoms with Crippen LogP contribution in [0.4, 0.5) is 0 Å². The van der Waals surface area contributed by atoms with E-state index in [1.165, 1.54) is 263 Å². The van der Waals surface area contributed by atoms with Crippen molar-refractivity contribution in [1.82, 2.24) is 0 Å². The normalized spacial score (nSPS) is 12.0. The average molecular weight is 990 g/mol. The minimum Gasteiger partial charge on any atom is -0.462 e. The summed E-state index contributed by atoms with van der Waals surface area (Å²) in [7, 11) is 0. The van der Waals surface area contributed by atoms with Gasteiger partial charge in [-0.25, -0.2) is 0 Å². The molecule has 0 N–H and O–H groups in total. The van der Waals surface area contributed by atoms with Gasteiger partial charge >= 0.3 is 17.9 Å². The molecule has 0 rings (SSSR count). The Kier molecular flexibility index (Phi) is 57.0. The minimum atomic E-state index is -0.762. The molecule has 0 aliphatic carbocycles. The third-order valence-corrected chi connectivity index (χ3v) is 14.8. The Morgan fingerprint density at radius 2 is 0.471 bits per heavy atom. The van der Waals surface area contributed by atoms with Crippen LogP contribution >= 0.6 is 0 Å². The second-order valence-electron chi connectivity index (χ2n) is 22.5. The van der Waals surface area contributed by atoms with Gasteiger partial charge in [0.05, 0.1) is 0 Å². The number of carbonyl (C=O) groups is 3. The van der Waals surface area contributed by atoms with E-state index in [9.17, 15) is 14.4 Å². The molecule has 0 bridgehead atoms. The van der Waals surface area contributed by atoms with Crippen LogP contribution in [0.15, 0.2) is 0 Å². The van der Waals surface area contributed by atoms with Crippen LogP contribution in [0, 0.1) is 5.92 Å². The van der Waals surface area contributed by atoms with Crippen LogP contribution < -0.4 is 0 Å². The Morgan fingerprint density at radius 1 is 0.271 bits per heavy atom. The molecule has 1 atom stereocenters. The maximum atomic E-state index is 12.9. The maximum Gasteiger partial charge on any atom is 0.306 e. The highest BCUT2D eigenvalue weighted by Gasteiger charge is 2.19. The molecule has 0 aromatic heterocycles. The van der Waals surface area contributed by atoms with Crippen molar-refractivity contribution in [2.45, 2.75) is 374 Å². The largest absolute Gasteiger partial charge is 0.462 e. The molecule has 6 nitrogen and oxygen atoms in total. The van der Waals surface area contributed by atoms with Crippen LogP contribution in [-0.2, 0) is 28.6 Å². The lowest BCUT2D eigenvalue weighted by Gasteiger charge is -2.18. The number of unbranched alkanes of at least 4 members (excludes halogenated alkanes) is 46. The summed E-state index contributed by atoms with van der Waals surface area (Å²) in [6, 6.07) is 0. The van der Waals surface area contributed by atoms with Crippen molar-refractivity contribution in [3.05, 3.63) is 0 Å². The summed E-state index contributed by atoms with van der Waals surface area (Å²) >= 11 is 0. The fraction of sp³-hybridized carbons (Fsp3) is 0.953. The SMILES string of the molecule is CCCCCCCCCCCCCCCCCCCC(=O)OC[C@@H](COC(=O)CCCCCCCCCCCCCCCCCCCCC(C)C)OC(=O)CCCCCCCCCCCCCCCC. The molecule has 70 heavy (non-hydrogen) atoms. The van der Waals surface area contributed by atoms with Crippen molar-refractivity contribution in [3.63, 3.8) is 0 Å². The number of esters is 3. The van der Waals surface area contributed by atoms with Gasteiger partial charge in [0, 0.05) is 19.3 Å². The van der Waals surface area contributed by atoms with E-state index in [-0.39, 0.29) is 31.1 Å². The highest BCUT2D eigenvalue weighted by Crippen LogP contribution is 2.19. The second kappa shape index (κ2) is 58.3. The van der Waals surface area contributed by atoms with Gasteiger partial charge in [-0.3, -0.25) is 14.4 Å². The molecule has 0 saturated heterocycles. The van der Waals surface area contributed by atoms with Gasteiger partial charge in [-0.1, -0.05) is 329 Å². The van der Waals surface area contributed by atoms with E-state index in [0.29, 0.717) is 19.3 Å². The summed E-state index contributed by atoms with van der Waals surface area (Å²) in [6.07, 6.45) is 65.3. The van der Waals surface area contributed by atoms with Crippen LogP contribution in [-0.4, -0.2) is 37.2 Å². The number of rotatable bonds is 59. The molecule has 0 amide bonds. The van der Waals surface area contributed by atoms with Gasteiger partial charge < -0.3 is 14.2 Å². The first-order valence-electron chi connectivity index (χ1n) is 31.9. The zero-order valence-corrected chi connectivity index (χ0v) is 48.0. The van der Waals surface area contributed by atoms with Gasteiger partial charge in [0.2, 0.25) is 0 Å². The van der Waals surface area contributed by atoms with Crippen molar-refractivity contribution in [2.24, 2.45) is 5.92 Å². The van der Waals surface area contributed by atoms with Crippen molar-refractivity contribution < 1.29 is 28.6 Å². The lowest BCUT2D eigenvalue weighted by Crippen LogP contribution is -2.30. The number of hydrogen-bond donors (Lipinski definition) is 0. The van der Waals surface area contributed by atoms with E-state index < -0.39 is 6.10 Å². The highest BCUT2D eigenvalue weighted by atomic mass is 16.6. The van der Waals surface area contributed by atoms with Gasteiger partial charge in [0.15, 0.2) is 6.10 Å². The van der Waals surface area contributed by atoms with E-state index in [1.807, 2.05) is 0 Å². The second-order valence-corrected chi connectivity index (χ2v) is 22.5. The van der Waals surface area contributed by atoms with Gasteiger partial charge in [0.1, 0.15) is 13.2 Å². The maximum absolute atomic E-state index is 12.9. The van der Waals surface area contributed by atoms with Gasteiger partial charge in [0.25, 0.3) is 0 Å². The molecule has 6 heteroatoms. The summed E-state index contributed by atoms with van der Waals surface area (Å²) in [4.78, 5) is 38.3. The van der Waals surface area contributed by atoms with Gasteiger partial charge in [-0.15, -0.1) is 0 Å². The Morgan fingerprint density at radius 3 is 0.700 bits per heavy atom. The number of ether oxygens (including phenoxy) is 3. The fourth-order valence-corrected chi connectivity index (χ4v) is 9.99. The van der Waals surface area contributed by atoms with E-state index in [1.54, 1.807) is 0 Å². The Hall–Kier alpha value is -1.59. The van der Waals surface area contributed by atoms with Crippen LogP contribution in [0.5, 0.6) is 0 Å². The van der Waals surface area contributed by atoms with Gasteiger partial charge in [-0.2, -0.15) is 0 Å². The molecule has 0 aromatic rings. The Bertz CT molecular complexity index is 1060. The summed E-state index contributed by atoms with van der Waals surface area (Å²) in [5, 5.41) is 0. The quantitative estimate of drug-likeness (QED) is 0.0343. The van der Waals surface area contributed by atoms with Crippen LogP contribution in [0.2, 0.25) is 0 Å². The summed E-state index contributed by atoms with van der Waals surface area (Å²) in [5.74, 6) is 0.0317. The summed E-state index contributed by atoms with van der Waals surface area (Å²) in [5.41, 5.74) is 0. The lowest BCUT2D eigenvalue weighted by atomic mass is 10.0. The first kappa shape index (κ1) is 68.4. The lowest BCUT2D eigenvalue weighted by molar-refractivity contribution is -0.167. The Balaban J connectivity index is 4.24. The topological polar surface area (TPSA) is 78.9 Å². The summed E-state index contributed by atoms with van der Waals surface area (Å²) in [6.45, 7) is 9.10. The monoisotopic (exact) mass is 989 g/mol. The molecular formula is C64H124O6. The number of hydrogen-bond acceptors (Lipinski definition) is 6. The third-order valence-electron chi connectivity index (χ3n) is 14.8. The average Bonchev–Trinajstić information content (AvgIpc) is 3.35. The van der Waals surface area contributed by atoms with E-state index >= 15 is 0 Å². The zero-order valence-electron chi connectivity index (χ0n) is 48.0. The highest BCUT2D eigenvalue weighted by molar-refractivity contribution is 5.71. The molecule has 0 fully saturated rings. The van der Waals surface area contributed by atoms with Crippen molar-refractivity contribution >= 4 is 17.9 Å². The first-order valence-corrected chi connectivity index (χ1v) is 31.9. The van der Waals surface area contributed by atoms with E-state index in [2.05, 4.69) is 27.7 Å². The molecule has 416 valence electrons. The summed E-state index contributed by atoms with van der Waals surface area (Å²) < 4.78 is 17.0. The van der Waals surface area contributed by atoms with Crippen LogP contribution in [0.1, 0.15) is 368 Å². The standard InChI is InChI=1S/C64H124O6/c1-5-7-9-11-13-15-17-19-21-24-28-32-35-39-43-47-51-55-62(65)68-58-61(70-64(67)57-53-49-45-41-37-31-20-18-16-14-12-10-8-6-2)59-69-63(66)56-52-48-44-40-36-33-29-26-23-22-25-27-30-34-38-42-46-50-54-60(3)4/h60-61H,5-59H2,1-4H3/t61-/m0/s1. The molecule has 0 radical (unpaired) electrons. The molecule has 0 spiro atoms. The fourth-order valence-electron chi connectivity index (χ4n) is 9.99. The third kappa shape index (κ3) is 57.3. The molecule has 0 saturated carbocycles. The van der Waals surface area contributed by atoms with Crippen molar-refractivity contribution in [1.29, 1.82) is 0 Å². The molecule has 0 aromatic carbocycles. The number of carbonyl (C=O) groups excluding carboxylic acids is 3. The predicted octanol–water partition coefficient (Wildman–Crippen LogP) is 21.4. The van der Waals surface area contributed by atoms with E-state index in [0.717, 1.165) is 63.7 Å². The zero-order chi connectivity index (χ0) is 50.9. The molecule has 0 unspecified atom stereocenters. The van der Waals surface area contributed by atoms with Crippen molar-refractivity contribution in [3.8, 4) is 0 Å². The smallest absolute Gasteiger partial charge is 0.306 e.